The van der Waals surface area contributed by atoms with Crippen LogP contribution in [0, 0.1) is 0 Å². The van der Waals surface area contributed by atoms with Crippen molar-refractivity contribution in [2.75, 3.05) is 13.2 Å². The van der Waals surface area contributed by atoms with Gasteiger partial charge in [0, 0.05) is 10.6 Å². The van der Waals surface area contributed by atoms with Crippen LogP contribution in [0.1, 0.15) is 43.6 Å². The van der Waals surface area contributed by atoms with Crippen LogP contribution in [-0.4, -0.2) is 42.8 Å². The van der Waals surface area contributed by atoms with E-state index in [1.807, 2.05) is 37.3 Å². The summed E-state index contributed by atoms with van der Waals surface area (Å²) < 4.78 is 16.9. The van der Waals surface area contributed by atoms with Gasteiger partial charge in [0.2, 0.25) is 0 Å². The average molecular weight is 448 g/mol. The zero-order chi connectivity index (χ0) is 22.9. The summed E-state index contributed by atoms with van der Waals surface area (Å²) in [5.41, 5.74) is 0.896. The zero-order valence-electron chi connectivity index (χ0n) is 18.4. The van der Waals surface area contributed by atoms with Crippen molar-refractivity contribution in [2.45, 2.75) is 52.0 Å². The van der Waals surface area contributed by atoms with Crippen LogP contribution in [-0.2, 0) is 20.8 Å². The van der Waals surface area contributed by atoms with E-state index in [4.69, 9.17) is 25.8 Å². The third-order valence-electron chi connectivity index (χ3n) is 4.32. The molecule has 0 spiro atoms. The number of hydrogen-bond donors (Lipinski definition) is 1. The molecule has 0 saturated carbocycles. The molecular weight excluding hydrogens is 418 g/mol. The van der Waals surface area contributed by atoms with Gasteiger partial charge in [-0.3, -0.25) is 4.79 Å². The van der Waals surface area contributed by atoms with Crippen LogP contribution in [0.15, 0.2) is 54.6 Å². The lowest BCUT2D eigenvalue weighted by atomic mass is 10.1. The molecule has 0 heterocycles. The standard InChI is InChI=1S/C24H30ClNO5/c1-17(30-14-18-8-6-5-7-9-18)21(26-23(28)31-24(2,3)4)15-29-16-22(27)19-10-12-20(25)13-11-19/h5-13,17,21H,14-16H2,1-4H3,(H,26,28)/t17-,21-/m1/s1. The van der Waals surface area contributed by atoms with Crippen LogP contribution >= 0.6 is 11.6 Å². The Labute approximate surface area is 188 Å². The Kier molecular flexibility index (Phi) is 9.49. The highest BCUT2D eigenvalue weighted by Gasteiger charge is 2.24. The summed E-state index contributed by atoms with van der Waals surface area (Å²) in [7, 11) is 0. The Morgan fingerprint density at radius 1 is 1.03 bits per heavy atom. The topological polar surface area (TPSA) is 73.9 Å². The van der Waals surface area contributed by atoms with Crippen molar-refractivity contribution in [1.82, 2.24) is 5.32 Å². The number of nitrogens with one attached hydrogen (secondary N) is 1. The fourth-order valence-corrected chi connectivity index (χ4v) is 2.80. The van der Waals surface area contributed by atoms with Gasteiger partial charge in [0.25, 0.3) is 0 Å². The molecule has 1 amide bonds. The van der Waals surface area contributed by atoms with Crippen molar-refractivity contribution in [3.05, 3.63) is 70.7 Å². The van der Waals surface area contributed by atoms with Crippen LogP contribution in [0.25, 0.3) is 0 Å². The molecule has 0 aromatic heterocycles. The SMILES string of the molecule is C[C@@H](OCc1ccccc1)[C@@H](COCC(=O)c1ccc(Cl)cc1)NC(=O)OC(C)(C)C. The van der Waals surface area contributed by atoms with Crippen molar-refractivity contribution in [2.24, 2.45) is 0 Å². The zero-order valence-corrected chi connectivity index (χ0v) is 19.1. The van der Waals surface area contributed by atoms with E-state index in [9.17, 15) is 9.59 Å². The van der Waals surface area contributed by atoms with Gasteiger partial charge in [0.05, 0.1) is 25.4 Å². The van der Waals surface area contributed by atoms with E-state index in [0.717, 1.165) is 5.56 Å². The lowest BCUT2D eigenvalue weighted by molar-refractivity contribution is -0.00882. The molecule has 0 aliphatic heterocycles. The molecule has 0 fully saturated rings. The van der Waals surface area contributed by atoms with Gasteiger partial charge in [0.15, 0.2) is 5.78 Å². The first-order valence-electron chi connectivity index (χ1n) is 10.2. The van der Waals surface area contributed by atoms with Crippen molar-refractivity contribution >= 4 is 23.5 Å². The summed E-state index contributed by atoms with van der Waals surface area (Å²) >= 11 is 5.86. The molecule has 2 atom stereocenters. The molecule has 0 bridgehead atoms. The molecule has 6 nitrogen and oxygen atoms in total. The quantitative estimate of drug-likeness (QED) is 0.516. The highest BCUT2D eigenvalue weighted by atomic mass is 35.5. The second-order valence-electron chi connectivity index (χ2n) is 8.20. The van der Waals surface area contributed by atoms with E-state index < -0.39 is 17.7 Å². The fourth-order valence-electron chi connectivity index (χ4n) is 2.67. The van der Waals surface area contributed by atoms with Crippen LogP contribution < -0.4 is 5.32 Å². The summed E-state index contributed by atoms with van der Waals surface area (Å²) in [5, 5.41) is 3.35. The largest absolute Gasteiger partial charge is 0.444 e. The molecule has 0 radical (unpaired) electrons. The first-order chi connectivity index (χ1) is 14.6. The van der Waals surface area contributed by atoms with Crippen LogP contribution in [0.5, 0.6) is 0 Å². The van der Waals surface area contributed by atoms with E-state index in [1.165, 1.54) is 0 Å². The second-order valence-corrected chi connectivity index (χ2v) is 8.64. The molecule has 31 heavy (non-hydrogen) atoms. The van der Waals surface area contributed by atoms with E-state index in [2.05, 4.69) is 5.32 Å². The molecular formula is C24H30ClNO5. The number of amides is 1. The maximum absolute atomic E-state index is 12.3. The second kappa shape index (κ2) is 11.8. The van der Waals surface area contributed by atoms with E-state index >= 15 is 0 Å². The minimum Gasteiger partial charge on any atom is -0.444 e. The number of halogens is 1. The van der Waals surface area contributed by atoms with E-state index in [-0.39, 0.29) is 25.1 Å². The molecule has 1 N–H and O–H groups in total. The third kappa shape index (κ3) is 9.51. The Hall–Kier alpha value is -2.41. The summed E-state index contributed by atoms with van der Waals surface area (Å²) in [6, 6.07) is 15.8. The van der Waals surface area contributed by atoms with Gasteiger partial charge in [0.1, 0.15) is 12.2 Å². The minimum atomic E-state index is -0.631. The molecule has 7 heteroatoms. The third-order valence-corrected chi connectivity index (χ3v) is 4.57. The lowest BCUT2D eigenvalue weighted by Crippen LogP contribution is -2.48. The number of ether oxygens (including phenoxy) is 3. The normalized spacial score (nSPS) is 13.3. The molecule has 0 aliphatic rings. The summed E-state index contributed by atoms with van der Waals surface area (Å²) in [4.78, 5) is 24.6. The number of hydrogen-bond acceptors (Lipinski definition) is 5. The molecule has 168 valence electrons. The minimum absolute atomic E-state index is 0.0918. The monoisotopic (exact) mass is 447 g/mol. The molecule has 0 saturated heterocycles. The van der Waals surface area contributed by atoms with Gasteiger partial charge >= 0.3 is 6.09 Å². The lowest BCUT2D eigenvalue weighted by Gasteiger charge is -2.27. The molecule has 0 unspecified atom stereocenters. The van der Waals surface area contributed by atoms with Crippen molar-refractivity contribution in [3.63, 3.8) is 0 Å². The summed E-state index contributed by atoms with van der Waals surface area (Å²) in [5.74, 6) is -0.175. The van der Waals surface area contributed by atoms with Crippen molar-refractivity contribution in [1.29, 1.82) is 0 Å². The first-order valence-corrected chi connectivity index (χ1v) is 10.5. The van der Waals surface area contributed by atoms with E-state index in [0.29, 0.717) is 17.2 Å². The van der Waals surface area contributed by atoms with Gasteiger partial charge in [-0.2, -0.15) is 0 Å². The maximum Gasteiger partial charge on any atom is 0.408 e. The molecule has 2 rings (SSSR count). The molecule has 2 aromatic rings. The Bertz CT molecular complexity index is 833. The predicted molar refractivity (Wildman–Crippen MR) is 120 cm³/mol. The van der Waals surface area contributed by atoms with Gasteiger partial charge in [-0.25, -0.2) is 4.79 Å². The summed E-state index contributed by atoms with van der Waals surface area (Å²) in [6.45, 7) is 7.57. The fraction of sp³-hybridized carbons (Fsp3) is 0.417. The highest BCUT2D eigenvalue weighted by Crippen LogP contribution is 2.12. The molecule has 0 aliphatic carbocycles. The highest BCUT2D eigenvalue weighted by molar-refractivity contribution is 6.30. The summed E-state index contributed by atoms with van der Waals surface area (Å²) in [6.07, 6.45) is -0.946. The maximum atomic E-state index is 12.3. The number of rotatable bonds is 10. The van der Waals surface area contributed by atoms with Crippen LogP contribution in [0.4, 0.5) is 4.79 Å². The average Bonchev–Trinajstić information content (AvgIpc) is 2.71. The number of benzene rings is 2. The smallest absolute Gasteiger partial charge is 0.408 e. The van der Waals surface area contributed by atoms with Crippen molar-refractivity contribution < 1.29 is 23.8 Å². The Balaban J connectivity index is 1.94. The van der Waals surface area contributed by atoms with Crippen molar-refractivity contribution in [3.8, 4) is 0 Å². The number of ketones is 1. The van der Waals surface area contributed by atoms with E-state index in [1.54, 1.807) is 45.0 Å². The number of carbonyl (C=O) groups is 2. The van der Waals surface area contributed by atoms with Gasteiger partial charge in [-0.1, -0.05) is 41.9 Å². The van der Waals surface area contributed by atoms with Gasteiger partial charge < -0.3 is 19.5 Å². The number of alkyl carbamates (subject to hydrolysis) is 1. The predicted octanol–water partition coefficient (Wildman–Crippen LogP) is 5.04. The van der Waals surface area contributed by atoms with Gasteiger partial charge in [-0.15, -0.1) is 0 Å². The number of carbonyl (C=O) groups excluding carboxylic acids is 2. The first kappa shape index (κ1) is 24.9. The molecule has 2 aromatic carbocycles. The number of Topliss-reactive ketones (excluding diaryl/α,β-unsaturated/α-hetero) is 1. The van der Waals surface area contributed by atoms with Gasteiger partial charge in [-0.05, 0) is 57.5 Å². The Morgan fingerprint density at radius 2 is 1.68 bits per heavy atom. The van der Waals surface area contributed by atoms with Crippen LogP contribution in [0.3, 0.4) is 0 Å². The Morgan fingerprint density at radius 3 is 2.29 bits per heavy atom. The van der Waals surface area contributed by atoms with Crippen LogP contribution in [0.2, 0.25) is 5.02 Å².